The Morgan fingerprint density at radius 1 is 0.420 bits per heavy atom. The summed E-state index contributed by atoms with van der Waals surface area (Å²) < 4.78 is 46.3. The fourth-order valence-corrected chi connectivity index (χ4v) is 10.3. The number of ether oxygens (including phenoxy) is 1. The molecule has 0 bridgehead atoms. The van der Waals surface area contributed by atoms with E-state index >= 15 is 0 Å². The summed E-state index contributed by atoms with van der Waals surface area (Å²) in [7, 11) is 0. The van der Waals surface area contributed by atoms with Crippen molar-refractivity contribution in [3.05, 3.63) is 236 Å². The predicted octanol–water partition coefficient (Wildman–Crippen LogP) is 17.1. The van der Waals surface area contributed by atoms with Gasteiger partial charge in [0.25, 0.3) is 0 Å². The molecule has 0 spiro atoms. The molecule has 2 aromatic heterocycles. The van der Waals surface area contributed by atoms with Crippen LogP contribution in [0.4, 0.5) is 42.9 Å². The number of benzene rings is 10. The zero-order valence-electron chi connectivity index (χ0n) is 36.7. The second kappa shape index (κ2) is 16.4. The summed E-state index contributed by atoms with van der Waals surface area (Å²) in [5.74, 6) is 1.07. The van der Waals surface area contributed by atoms with E-state index in [0.717, 1.165) is 118 Å². The number of nitrogens with zero attached hydrogens (tertiary/aromatic N) is 5. The molecule has 0 atom stereocenters. The van der Waals surface area contributed by atoms with Gasteiger partial charge in [-0.05, 0) is 161 Å². The van der Waals surface area contributed by atoms with Gasteiger partial charge in [-0.1, -0.05) is 91.0 Å². The first-order valence-electron chi connectivity index (χ1n) is 22.6. The molecule has 0 saturated heterocycles. The Hall–Kier alpha value is -8.92. The van der Waals surface area contributed by atoms with Crippen molar-refractivity contribution in [3.8, 4) is 50.6 Å². The molecule has 69 heavy (non-hydrogen) atoms. The summed E-state index contributed by atoms with van der Waals surface area (Å²) in [5.41, 5.74) is 16.4. The largest absolute Gasteiger partial charge is 0.453 e. The van der Waals surface area contributed by atoms with Crippen LogP contribution in [0.25, 0.3) is 71.9 Å². The summed E-state index contributed by atoms with van der Waals surface area (Å²) in [6.45, 7) is 0. The molecule has 0 fully saturated rings. The zero-order valence-corrected chi connectivity index (χ0v) is 37.5. The third-order valence-electron chi connectivity index (χ3n) is 13.0. The van der Waals surface area contributed by atoms with Crippen molar-refractivity contribution in [1.29, 1.82) is 0 Å². The molecule has 9 heteroatoms. The highest BCUT2D eigenvalue weighted by atomic mass is 32.1. The van der Waals surface area contributed by atoms with E-state index in [2.05, 4.69) is 148 Å². The Morgan fingerprint density at radius 3 is 1.51 bits per heavy atom. The second-order valence-electron chi connectivity index (χ2n) is 17.0. The average Bonchev–Trinajstić information content (AvgIpc) is 4.03. The summed E-state index contributed by atoms with van der Waals surface area (Å²) >= 11 is 1.21. The Balaban J connectivity index is 0.878. The maximum atomic E-state index is 13.9. The van der Waals surface area contributed by atoms with Crippen LogP contribution in [0, 0.1) is 11.6 Å². The lowest BCUT2D eigenvalue weighted by atomic mass is 10.0. The van der Waals surface area contributed by atoms with Crippen LogP contribution in [0.2, 0.25) is 0 Å². The van der Waals surface area contributed by atoms with Gasteiger partial charge in [0.15, 0.2) is 11.5 Å². The molecule has 0 unspecified atom stereocenters. The highest BCUT2D eigenvalue weighted by molar-refractivity contribution is 7.00. The first-order valence-corrected chi connectivity index (χ1v) is 23.3. The van der Waals surface area contributed by atoms with Crippen molar-refractivity contribution < 1.29 is 13.5 Å². The van der Waals surface area contributed by atoms with E-state index < -0.39 is 0 Å². The zero-order chi connectivity index (χ0) is 46.0. The van der Waals surface area contributed by atoms with Crippen LogP contribution in [0.3, 0.4) is 0 Å². The fraction of sp³-hybridized carbons (Fsp3) is 0. The van der Waals surface area contributed by atoms with Gasteiger partial charge < -0.3 is 19.1 Å². The maximum absolute atomic E-state index is 13.9. The Labute approximate surface area is 400 Å². The average molecular weight is 914 g/mol. The van der Waals surface area contributed by atoms with Gasteiger partial charge in [0.2, 0.25) is 0 Å². The summed E-state index contributed by atoms with van der Waals surface area (Å²) in [6.07, 6.45) is 0. The monoisotopic (exact) mass is 913 g/mol. The first kappa shape index (κ1) is 40.4. The SMILES string of the molecule is Fc1ccc(-c2ccc3c(c2)c2cc(-c4ccc(F)cc4)ccc2n3-c2ccc(-c3ccc(N(c4ccccc4)c4ccc(N5c6ccccc6Oc6ccccc65)cc4)c4nsnc34)cc2)cc1. The molecular formula is C60H37F2N5OS. The Bertz CT molecular complexity index is 3740. The van der Waals surface area contributed by atoms with Crippen LogP contribution in [-0.2, 0) is 0 Å². The first-order chi connectivity index (χ1) is 34.0. The molecular weight excluding hydrogens is 877 g/mol. The van der Waals surface area contributed by atoms with Crippen molar-refractivity contribution in [2.24, 2.45) is 0 Å². The minimum absolute atomic E-state index is 0.272. The van der Waals surface area contributed by atoms with Gasteiger partial charge in [-0.15, -0.1) is 0 Å². The quantitative estimate of drug-likeness (QED) is 0.152. The molecule has 10 aromatic carbocycles. The molecule has 0 amide bonds. The third-order valence-corrected chi connectivity index (χ3v) is 13.5. The molecule has 3 heterocycles. The molecule has 1 aliphatic rings. The van der Waals surface area contributed by atoms with E-state index in [0.29, 0.717) is 0 Å². The van der Waals surface area contributed by atoms with Gasteiger partial charge in [-0.25, -0.2) is 8.78 Å². The predicted molar refractivity (Wildman–Crippen MR) is 277 cm³/mol. The van der Waals surface area contributed by atoms with Crippen LogP contribution < -0.4 is 14.5 Å². The number of para-hydroxylation sites is 5. The van der Waals surface area contributed by atoms with Crippen molar-refractivity contribution in [3.63, 3.8) is 0 Å². The smallest absolute Gasteiger partial charge is 0.151 e. The lowest BCUT2D eigenvalue weighted by Gasteiger charge is -2.33. The van der Waals surface area contributed by atoms with E-state index in [-0.39, 0.29) is 11.6 Å². The molecule has 0 N–H and O–H groups in total. The molecule has 6 nitrogen and oxygen atoms in total. The van der Waals surface area contributed by atoms with E-state index in [9.17, 15) is 8.78 Å². The lowest BCUT2D eigenvalue weighted by Crippen LogP contribution is -2.16. The van der Waals surface area contributed by atoms with Crippen molar-refractivity contribution in [1.82, 2.24) is 13.3 Å². The number of anilines is 6. The lowest BCUT2D eigenvalue weighted by molar-refractivity contribution is 0.477. The number of fused-ring (bicyclic) bond motifs is 6. The van der Waals surface area contributed by atoms with Crippen molar-refractivity contribution >= 4 is 78.7 Å². The van der Waals surface area contributed by atoms with Crippen molar-refractivity contribution in [2.75, 3.05) is 9.80 Å². The highest BCUT2D eigenvalue weighted by Gasteiger charge is 2.26. The third kappa shape index (κ3) is 6.98. The van der Waals surface area contributed by atoms with Gasteiger partial charge >= 0.3 is 0 Å². The standard InChI is InChI=1S/C60H37F2N5OS/c61-43-22-14-38(15-23-43)41-20-33-52-50(36-41)51-37-42(39-16-24-44(62)25-17-39)21-34-53(51)66(52)47-26-18-40(19-27-47)49-32-35-56(60-59(49)63-69-64-60)65(45-8-2-1-3-9-45)46-28-30-48(31-29-46)67-54-10-4-6-12-57(54)68-58-13-7-5-11-55(58)67/h1-37H. The molecule has 0 radical (unpaired) electrons. The second-order valence-corrected chi connectivity index (χ2v) is 17.5. The normalized spacial score (nSPS) is 12.0. The van der Waals surface area contributed by atoms with E-state index in [1.54, 1.807) is 24.3 Å². The Morgan fingerprint density at radius 2 is 0.913 bits per heavy atom. The Kier molecular flexibility index (Phi) is 9.62. The van der Waals surface area contributed by atoms with Crippen molar-refractivity contribution in [2.45, 2.75) is 0 Å². The molecule has 0 aliphatic carbocycles. The van der Waals surface area contributed by atoms with Gasteiger partial charge in [0.1, 0.15) is 22.7 Å². The maximum Gasteiger partial charge on any atom is 0.151 e. The van der Waals surface area contributed by atoms with E-state index in [1.165, 1.54) is 36.0 Å². The minimum Gasteiger partial charge on any atom is -0.453 e. The minimum atomic E-state index is -0.272. The van der Waals surface area contributed by atoms with Gasteiger partial charge in [-0.3, -0.25) is 0 Å². The van der Waals surface area contributed by atoms with Crippen LogP contribution in [0.15, 0.2) is 224 Å². The van der Waals surface area contributed by atoms with Crippen LogP contribution in [-0.4, -0.2) is 13.3 Å². The molecule has 13 rings (SSSR count). The summed E-state index contributed by atoms with van der Waals surface area (Å²) in [6, 6.07) is 74.1. The van der Waals surface area contributed by atoms with Crippen LogP contribution in [0.5, 0.6) is 11.5 Å². The van der Waals surface area contributed by atoms with Crippen LogP contribution >= 0.6 is 11.7 Å². The topological polar surface area (TPSA) is 46.4 Å². The van der Waals surface area contributed by atoms with E-state index in [4.69, 9.17) is 13.5 Å². The van der Waals surface area contributed by atoms with Gasteiger partial charge in [0, 0.05) is 39.1 Å². The summed E-state index contributed by atoms with van der Waals surface area (Å²) in [4.78, 5) is 4.49. The van der Waals surface area contributed by atoms with Gasteiger partial charge in [0.05, 0.1) is 39.8 Å². The number of halogens is 2. The number of rotatable bonds is 8. The molecule has 12 aromatic rings. The molecule has 0 saturated carbocycles. The molecule has 1 aliphatic heterocycles. The summed E-state index contributed by atoms with van der Waals surface area (Å²) in [5, 5.41) is 2.11. The van der Waals surface area contributed by atoms with Gasteiger partial charge in [-0.2, -0.15) is 8.75 Å². The fourth-order valence-electron chi connectivity index (χ4n) is 9.74. The number of hydrogen-bond donors (Lipinski definition) is 0. The highest BCUT2D eigenvalue weighted by Crippen LogP contribution is 2.51. The number of aromatic nitrogens is 3. The molecule has 328 valence electrons. The van der Waals surface area contributed by atoms with Crippen LogP contribution in [0.1, 0.15) is 0 Å². The number of hydrogen-bond acceptors (Lipinski definition) is 6. The van der Waals surface area contributed by atoms with E-state index in [1.807, 2.05) is 42.5 Å².